The highest BCUT2D eigenvalue weighted by molar-refractivity contribution is 5.78. The molecule has 1 aliphatic heterocycles. The molecule has 1 aromatic carbocycles. The number of hydrogen-bond acceptors (Lipinski definition) is 5. The highest BCUT2D eigenvalue weighted by Crippen LogP contribution is 2.30. The monoisotopic (exact) mass is 233 g/mol. The Hall–Kier alpha value is -1.75. The van der Waals surface area contributed by atoms with Gasteiger partial charge in [-0.2, -0.15) is 4.98 Å². The second kappa shape index (κ2) is 3.37. The van der Waals surface area contributed by atoms with Gasteiger partial charge in [0.25, 0.3) is 6.01 Å². The maximum atomic E-state index is 5.72. The van der Waals surface area contributed by atoms with Crippen LogP contribution in [0.3, 0.4) is 0 Å². The van der Waals surface area contributed by atoms with Crippen molar-refractivity contribution >= 4 is 22.8 Å². The number of nitrogens with zero attached hydrogens (tertiary/aromatic N) is 2. The topological polar surface area (TPSA) is 64.5 Å². The Balaban J connectivity index is 2.00. The van der Waals surface area contributed by atoms with Crippen molar-refractivity contribution in [1.82, 2.24) is 4.98 Å². The Labute approximate surface area is 99.2 Å². The van der Waals surface area contributed by atoms with Gasteiger partial charge >= 0.3 is 0 Å². The van der Waals surface area contributed by atoms with E-state index in [1.165, 1.54) is 0 Å². The number of nitrogens with two attached hydrogens (primary N) is 1. The minimum absolute atomic E-state index is 0.0214. The molecule has 3 rings (SSSR count). The van der Waals surface area contributed by atoms with E-state index in [1.807, 2.05) is 30.1 Å². The van der Waals surface area contributed by atoms with E-state index in [2.05, 4.69) is 11.9 Å². The summed E-state index contributed by atoms with van der Waals surface area (Å²) in [6, 6.07) is 6.08. The Morgan fingerprint density at radius 3 is 2.82 bits per heavy atom. The fraction of sp³-hybridized carbons (Fsp3) is 0.417. The Bertz CT molecular complexity index is 560. The lowest BCUT2D eigenvalue weighted by atomic mass is 9.99. The van der Waals surface area contributed by atoms with E-state index in [9.17, 15) is 0 Å². The van der Waals surface area contributed by atoms with E-state index in [0.717, 1.165) is 11.1 Å². The van der Waals surface area contributed by atoms with Gasteiger partial charge in [-0.05, 0) is 25.1 Å². The van der Waals surface area contributed by atoms with Crippen molar-refractivity contribution in [3.05, 3.63) is 18.2 Å². The van der Waals surface area contributed by atoms with Gasteiger partial charge in [-0.3, -0.25) is 0 Å². The second-order valence-electron chi connectivity index (χ2n) is 4.77. The molecule has 1 aromatic heterocycles. The molecule has 2 aromatic rings. The molecule has 0 amide bonds. The number of ether oxygens (including phenoxy) is 1. The van der Waals surface area contributed by atoms with Crippen LogP contribution in [0.15, 0.2) is 22.6 Å². The lowest BCUT2D eigenvalue weighted by molar-refractivity contribution is -0.0471. The van der Waals surface area contributed by atoms with Crippen molar-refractivity contribution in [3.63, 3.8) is 0 Å². The van der Waals surface area contributed by atoms with Gasteiger partial charge in [-0.15, -0.1) is 0 Å². The highest BCUT2D eigenvalue weighted by Gasteiger charge is 2.39. The summed E-state index contributed by atoms with van der Waals surface area (Å²) in [4.78, 5) is 6.47. The number of oxazole rings is 1. The first kappa shape index (κ1) is 10.4. The maximum Gasteiger partial charge on any atom is 0.298 e. The normalized spacial score (nSPS) is 18.0. The third-order valence-electron chi connectivity index (χ3n) is 3.32. The standard InChI is InChI=1S/C12H15N3O2/c1-12(6-16-7-12)15(2)11-14-9-5-8(13)3-4-10(9)17-11/h3-5H,6-7,13H2,1-2H3. The Morgan fingerprint density at radius 1 is 1.41 bits per heavy atom. The molecule has 1 saturated heterocycles. The van der Waals surface area contributed by atoms with Crippen molar-refractivity contribution in [2.24, 2.45) is 0 Å². The molecule has 0 unspecified atom stereocenters. The molecule has 0 saturated carbocycles. The van der Waals surface area contributed by atoms with Gasteiger partial charge in [0.2, 0.25) is 0 Å². The van der Waals surface area contributed by atoms with Gasteiger partial charge < -0.3 is 19.8 Å². The van der Waals surface area contributed by atoms with Crippen LogP contribution in [-0.4, -0.2) is 30.8 Å². The van der Waals surface area contributed by atoms with Gasteiger partial charge in [-0.1, -0.05) is 0 Å². The number of benzene rings is 1. The van der Waals surface area contributed by atoms with Crippen molar-refractivity contribution in [2.45, 2.75) is 12.5 Å². The van der Waals surface area contributed by atoms with Crippen LogP contribution in [0.5, 0.6) is 0 Å². The molecule has 2 N–H and O–H groups in total. The average Bonchev–Trinajstić information content (AvgIpc) is 2.67. The van der Waals surface area contributed by atoms with E-state index in [4.69, 9.17) is 14.9 Å². The maximum absolute atomic E-state index is 5.72. The third-order valence-corrected chi connectivity index (χ3v) is 3.32. The second-order valence-corrected chi connectivity index (χ2v) is 4.77. The first-order valence-electron chi connectivity index (χ1n) is 5.56. The molecule has 0 bridgehead atoms. The predicted octanol–water partition coefficient (Wildman–Crippen LogP) is 1.64. The summed E-state index contributed by atoms with van der Waals surface area (Å²) in [7, 11) is 1.97. The van der Waals surface area contributed by atoms with E-state index in [-0.39, 0.29) is 5.54 Å². The van der Waals surface area contributed by atoms with Crippen LogP contribution in [0.25, 0.3) is 11.1 Å². The van der Waals surface area contributed by atoms with Crippen LogP contribution in [0.4, 0.5) is 11.7 Å². The van der Waals surface area contributed by atoms with Gasteiger partial charge in [0.05, 0.1) is 18.8 Å². The van der Waals surface area contributed by atoms with Crippen LogP contribution in [0.1, 0.15) is 6.92 Å². The van der Waals surface area contributed by atoms with Crippen molar-refractivity contribution in [2.75, 3.05) is 30.9 Å². The summed E-state index contributed by atoms with van der Waals surface area (Å²) in [6.07, 6.45) is 0. The molecule has 2 heterocycles. The zero-order valence-corrected chi connectivity index (χ0v) is 9.93. The first-order chi connectivity index (χ1) is 8.08. The number of rotatable bonds is 2. The van der Waals surface area contributed by atoms with Crippen LogP contribution in [0.2, 0.25) is 0 Å². The molecule has 0 aliphatic carbocycles. The summed E-state index contributed by atoms with van der Waals surface area (Å²) in [5.74, 6) is 0. The van der Waals surface area contributed by atoms with Crippen LogP contribution in [0, 0.1) is 0 Å². The van der Waals surface area contributed by atoms with Crippen LogP contribution < -0.4 is 10.6 Å². The van der Waals surface area contributed by atoms with Crippen molar-refractivity contribution in [1.29, 1.82) is 0 Å². The highest BCUT2D eigenvalue weighted by atomic mass is 16.5. The SMILES string of the molecule is CN(c1nc2cc(N)ccc2o1)C1(C)COC1. The van der Waals surface area contributed by atoms with E-state index in [1.54, 1.807) is 0 Å². The third kappa shape index (κ3) is 1.54. The molecule has 5 nitrogen and oxygen atoms in total. The summed E-state index contributed by atoms with van der Waals surface area (Å²) < 4.78 is 11.0. The zero-order valence-electron chi connectivity index (χ0n) is 9.93. The predicted molar refractivity (Wildman–Crippen MR) is 66.0 cm³/mol. The fourth-order valence-corrected chi connectivity index (χ4v) is 1.90. The minimum atomic E-state index is -0.0214. The largest absolute Gasteiger partial charge is 0.423 e. The summed E-state index contributed by atoms with van der Waals surface area (Å²) in [6.45, 7) is 3.52. The first-order valence-corrected chi connectivity index (χ1v) is 5.56. The number of hydrogen-bond donors (Lipinski definition) is 1. The van der Waals surface area contributed by atoms with Crippen LogP contribution >= 0.6 is 0 Å². The number of anilines is 2. The van der Waals surface area contributed by atoms with E-state index in [0.29, 0.717) is 24.9 Å². The van der Waals surface area contributed by atoms with Crippen molar-refractivity contribution < 1.29 is 9.15 Å². The molecule has 0 radical (unpaired) electrons. The lowest BCUT2D eigenvalue weighted by Gasteiger charge is -2.44. The van der Waals surface area contributed by atoms with E-state index >= 15 is 0 Å². The lowest BCUT2D eigenvalue weighted by Crippen LogP contribution is -2.59. The van der Waals surface area contributed by atoms with Gasteiger partial charge in [0.1, 0.15) is 5.52 Å². The molecule has 17 heavy (non-hydrogen) atoms. The number of aromatic nitrogens is 1. The molecule has 1 fully saturated rings. The molecule has 0 spiro atoms. The van der Waals surface area contributed by atoms with Crippen molar-refractivity contribution in [3.8, 4) is 0 Å². The summed E-state index contributed by atoms with van der Waals surface area (Å²) >= 11 is 0. The molecule has 90 valence electrons. The smallest absolute Gasteiger partial charge is 0.298 e. The van der Waals surface area contributed by atoms with Crippen LogP contribution in [-0.2, 0) is 4.74 Å². The van der Waals surface area contributed by atoms with Gasteiger partial charge in [-0.25, -0.2) is 0 Å². The summed E-state index contributed by atoms with van der Waals surface area (Å²) in [5.41, 5.74) is 7.93. The molecule has 5 heteroatoms. The number of likely N-dealkylation sites (N-methyl/N-ethyl adjacent to an activating group) is 1. The summed E-state index contributed by atoms with van der Waals surface area (Å²) in [5, 5.41) is 0. The fourth-order valence-electron chi connectivity index (χ4n) is 1.90. The quantitative estimate of drug-likeness (QED) is 0.799. The van der Waals surface area contributed by atoms with Gasteiger partial charge in [0, 0.05) is 12.7 Å². The minimum Gasteiger partial charge on any atom is -0.423 e. The number of nitrogen functional groups attached to an aromatic ring is 1. The van der Waals surface area contributed by atoms with E-state index < -0.39 is 0 Å². The molecular formula is C12H15N3O2. The Morgan fingerprint density at radius 2 is 2.18 bits per heavy atom. The molecular weight excluding hydrogens is 218 g/mol. The zero-order chi connectivity index (χ0) is 12.0. The number of fused-ring (bicyclic) bond motifs is 1. The molecule has 0 atom stereocenters. The Kier molecular flexibility index (Phi) is 2.06. The molecule has 1 aliphatic rings. The average molecular weight is 233 g/mol. The van der Waals surface area contributed by atoms with Gasteiger partial charge in [0.15, 0.2) is 5.58 Å².